The topological polar surface area (TPSA) is 72.0 Å². The van der Waals surface area contributed by atoms with E-state index >= 15 is 0 Å². The van der Waals surface area contributed by atoms with Crippen LogP contribution in [0.5, 0.6) is 5.75 Å². The number of para-hydroxylation sites is 2. The van der Waals surface area contributed by atoms with Crippen LogP contribution in [-0.2, 0) is 0 Å². The molecule has 2 N–H and O–H groups in total. The van der Waals surface area contributed by atoms with E-state index in [-0.39, 0.29) is 5.28 Å². The lowest BCUT2D eigenvalue weighted by atomic mass is 10.3. The lowest BCUT2D eigenvalue weighted by Gasteiger charge is -2.11. The maximum absolute atomic E-state index is 5.92. The Morgan fingerprint density at radius 2 is 1.86 bits per heavy atom. The Bertz CT molecular complexity index is 593. The van der Waals surface area contributed by atoms with Crippen molar-refractivity contribution in [2.45, 2.75) is 20.3 Å². The Hall–Kier alpha value is -2.08. The molecule has 0 aliphatic heterocycles. The zero-order valence-electron chi connectivity index (χ0n) is 12.1. The zero-order valence-corrected chi connectivity index (χ0v) is 12.8. The van der Waals surface area contributed by atoms with Crippen molar-refractivity contribution in [3.8, 4) is 5.75 Å². The Morgan fingerprint density at radius 3 is 2.62 bits per heavy atom. The van der Waals surface area contributed by atoms with E-state index in [4.69, 9.17) is 16.3 Å². The first-order valence-corrected chi connectivity index (χ1v) is 7.25. The molecule has 1 aromatic heterocycles. The van der Waals surface area contributed by atoms with Gasteiger partial charge in [0.15, 0.2) is 0 Å². The highest BCUT2D eigenvalue weighted by molar-refractivity contribution is 6.28. The number of hydrogen-bond acceptors (Lipinski definition) is 6. The van der Waals surface area contributed by atoms with E-state index in [0.29, 0.717) is 18.5 Å². The first kappa shape index (κ1) is 15.3. The number of aromatic nitrogens is 3. The van der Waals surface area contributed by atoms with Gasteiger partial charge in [-0.05, 0) is 37.1 Å². The van der Waals surface area contributed by atoms with Crippen molar-refractivity contribution in [1.82, 2.24) is 15.0 Å². The Kier molecular flexibility index (Phi) is 5.57. The van der Waals surface area contributed by atoms with Crippen LogP contribution in [0.3, 0.4) is 0 Å². The Balaban J connectivity index is 2.21. The van der Waals surface area contributed by atoms with Crippen LogP contribution in [0.25, 0.3) is 0 Å². The molecule has 0 bridgehead atoms. The van der Waals surface area contributed by atoms with Crippen molar-refractivity contribution in [2.24, 2.45) is 0 Å². The van der Waals surface area contributed by atoms with Crippen molar-refractivity contribution in [1.29, 1.82) is 0 Å². The summed E-state index contributed by atoms with van der Waals surface area (Å²) in [6.45, 7) is 5.35. The number of halogens is 1. The smallest absolute Gasteiger partial charge is 0.233 e. The summed E-state index contributed by atoms with van der Waals surface area (Å²) in [6, 6.07) is 7.58. The van der Waals surface area contributed by atoms with Gasteiger partial charge < -0.3 is 15.4 Å². The number of benzene rings is 1. The van der Waals surface area contributed by atoms with Crippen LogP contribution >= 0.6 is 11.6 Å². The fourth-order valence-electron chi connectivity index (χ4n) is 1.69. The van der Waals surface area contributed by atoms with Gasteiger partial charge in [-0.1, -0.05) is 19.1 Å². The predicted molar refractivity (Wildman–Crippen MR) is 84.5 cm³/mol. The largest absolute Gasteiger partial charge is 0.492 e. The molecule has 0 saturated carbocycles. The summed E-state index contributed by atoms with van der Waals surface area (Å²) in [5.41, 5.74) is 0.781. The molecule has 0 radical (unpaired) electrons. The highest BCUT2D eigenvalue weighted by atomic mass is 35.5. The predicted octanol–water partition coefficient (Wildman–Crippen LogP) is 3.49. The molecular weight excluding hydrogens is 290 g/mol. The molecule has 0 aliphatic rings. The van der Waals surface area contributed by atoms with E-state index in [0.717, 1.165) is 24.4 Å². The lowest BCUT2D eigenvalue weighted by molar-refractivity contribution is 0.342. The van der Waals surface area contributed by atoms with Gasteiger partial charge in [0.2, 0.25) is 17.2 Å². The molecule has 2 rings (SSSR count). The Morgan fingerprint density at radius 1 is 1.10 bits per heavy atom. The van der Waals surface area contributed by atoms with E-state index in [9.17, 15) is 0 Å². The highest BCUT2D eigenvalue weighted by Crippen LogP contribution is 2.26. The third kappa shape index (κ3) is 4.46. The lowest BCUT2D eigenvalue weighted by Crippen LogP contribution is -2.08. The summed E-state index contributed by atoms with van der Waals surface area (Å²) in [5, 5.41) is 6.33. The van der Waals surface area contributed by atoms with Crippen LogP contribution in [0.15, 0.2) is 24.3 Å². The van der Waals surface area contributed by atoms with E-state index in [1.165, 1.54) is 0 Å². The van der Waals surface area contributed by atoms with Gasteiger partial charge in [0, 0.05) is 6.54 Å². The van der Waals surface area contributed by atoms with Gasteiger partial charge in [0.25, 0.3) is 0 Å². The molecule has 0 saturated heterocycles. The van der Waals surface area contributed by atoms with Crippen molar-refractivity contribution in [3.63, 3.8) is 0 Å². The van der Waals surface area contributed by atoms with E-state index < -0.39 is 0 Å². The summed E-state index contributed by atoms with van der Waals surface area (Å²) in [4.78, 5) is 12.4. The highest BCUT2D eigenvalue weighted by Gasteiger charge is 2.08. The van der Waals surface area contributed by atoms with Crippen molar-refractivity contribution >= 4 is 29.2 Å². The molecule has 112 valence electrons. The van der Waals surface area contributed by atoms with Crippen molar-refractivity contribution < 1.29 is 4.74 Å². The maximum atomic E-state index is 5.92. The van der Waals surface area contributed by atoms with Gasteiger partial charge in [-0.25, -0.2) is 0 Å². The molecule has 0 atom stereocenters. The average Bonchev–Trinajstić information content (AvgIpc) is 2.47. The van der Waals surface area contributed by atoms with Gasteiger partial charge in [-0.15, -0.1) is 0 Å². The number of rotatable bonds is 7. The molecule has 6 nitrogen and oxygen atoms in total. The minimum absolute atomic E-state index is 0.139. The molecule has 0 spiro atoms. The fraction of sp³-hybridized carbons (Fsp3) is 0.357. The average molecular weight is 308 g/mol. The summed E-state index contributed by atoms with van der Waals surface area (Å²) < 4.78 is 5.55. The summed E-state index contributed by atoms with van der Waals surface area (Å²) >= 11 is 5.92. The first-order valence-electron chi connectivity index (χ1n) is 6.87. The molecule has 1 aromatic carbocycles. The van der Waals surface area contributed by atoms with E-state index in [1.54, 1.807) is 0 Å². The quantitative estimate of drug-likeness (QED) is 0.816. The Labute approximate surface area is 128 Å². The van der Waals surface area contributed by atoms with Crippen LogP contribution in [-0.4, -0.2) is 28.1 Å². The van der Waals surface area contributed by atoms with Crippen molar-refractivity contribution in [3.05, 3.63) is 29.5 Å². The zero-order chi connectivity index (χ0) is 15.1. The molecule has 7 heteroatoms. The van der Waals surface area contributed by atoms with Crippen molar-refractivity contribution in [2.75, 3.05) is 23.8 Å². The molecule has 0 fully saturated rings. The van der Waals surface area contributed by atoms with Crippen LogP contribution in [0.2, 0.25) is 5.28 Å². The second kappa shape index (κ2) is 7.64. The van der Waals surface area contributed by atoms with E-state index in [2.05, 4.69) is 32.5 Å². The van der Waals surface area contributed by atoms with Gasteiger partial charge in [-0.2, -0.15) is 15.0 Å². The molecule has 1 heterocycles. The maximum Gasteiger partial charge on any atom is 0.233 e. The molecular formula is C14H18ClN5O. The summed E-state index contributed by atoms with van der Waals surface area (Å²) in [6.07, 6.45) is 0.971. The first-order chi connectivity index (χ1) is 10.2. The molecule has 0 amide bonds. The second-order valence-corrected chi connectivity index (χ2v) is 4.57. The molecule has 0 unspecified atom stereocenters. The minimum atomic E-state index is 0.139. The minimum Gasteiger partial charge on any atom is -0.492 e. The number of anilines is 3. The number of hydrogen-bond donors (Lipinski definition) is 2. The third-order valence-electron chi connectivity index (χ3n) is 2.57. The standard InChI is InChI=1S/C14H18ClN5O/c1-3-9-16-13-18-12(15)19-14(20-13)17-10-7-5-6-8-11(10)21-4-2/h5-8H,3-4,9H2,1-2H3,(H2,16,17,18,19,20). The molecule has 0 aliphatic carbocycles. The number of nitrogens with zero attached hydrogens (tertiary/aromatic N) is 3. The van der Waals surface area contributed by atoms with E-state index in [1.807, 2.05) is 31.2 Å². The monoisotopic (exact) mass is 307 g/mol. The van der Waals surface area contributed by atoms with Crippen LogP contribution < -0.4 is 15.4 Å². The van der Waals surface area contributed by atoms with Crippen LogP contribution in [0.1, 0.15) is 20.3 Å². The van der Waals surface area contributed by atoms with Crippen LogP contribution in [0.4, 0.5) is 17.6 Å². The number of ether oxygens (including phenoxy) is 1. The van der Waals surface area contributed by atoms with Crippen LogP contribution in [0, 0.1) is 0 Å². The fourth-order valence-corrected chi connectivity index (χ4v) is 1.85. The third-order valence-corrected chi connectivity index (χ3v) is 2.74. The molecule has 21 heavy (non-hydrogen) atoms. The SMILES string of the molecule is CCCNc1nc(Cl)nc(Nc2ccccc2OCC)n1. The number of nitrogens with one attached hydrogen (secondary N) is 2. The second-order valence-electron chi connectivity index (χ2n) is 4.23. The normalized spacial score (nSPS) is 10.2. The van der Waals surface area contributed by atoms with Gasteiger partial charge >= 0.3 is 0 Å². The summed E-state index contributed by atoms with van der Waals surface area (Å²) in [7, 11) is 0. The summed E-state index contributed by atoms with van der Waals surface area (Å²) in [5.74, 6) is 1.56. The van der Waals surface area contributed by atoms with Gasteiger partial charge in [0.1, 0.15) is 5.75 Å². The van der Waals surface area contributed by atoms with Gasteiger partial charge in [0.05, 0.1) is 12.3 Å². The molecule has 2 aromatic rings. The van der Waals surface area contributed by atoms with Gasteiger partial charge in [-0.3, -0.25) is 0 Å².